The van der Waals surface area contributed by atoms with Gasteiger partial charge in [0, 0.05) is 16.2 Å². The number of ether oxygens (including phenoxy) is 1. The van der Waals surface area contributed by atoms with Crippen LogP contribution in [-0.2, 0) is 24.3 Å². The standard InChI is InChI=1S/C30H30Cl2FN3O6S/c1-2-22(17-35(43(40,41)23-12-13-23)29-24(33)7-4-14-34-29)36-27(18-8-10-20(31)11-9-18)28(19-5-3-6-21(32)15-19)42-25(30(36)39)16-26(37)38/h3-11,14-15,22-23,25,27-28H,2,12-13,16-17H2,1H3,(H,37,38)/t22?,25-,27?,28?/m0/s1. The van der Waals surface area contributed by atoms with Gasteiger partial charge < -0.3 is 14.7 Å². The third-order valence-electron chi connectivity index (χ3n) is 7.65. The van der Waals surface area contributed by atoms with Gasteiger partial charge >= 0.3 is 5.97 Å². The first-order chi connectivity index (χ1) is 20.5. The molecule has 9 nitrogen and oxygen atoms in total. The molecule has 13 heteroatoms. The van der Waals surface area contributed by atoms with Gasteiger partial charge in [0.25, 0.3) is 5.91 Å². The van der Waals surface area contributed by atoms with Gasteiger partial charge in [-0.15, -0.1) is 0 Å². The number of sulfonamides is 1. The van der Waals surface area contributed by atoms with Crippen LogP contribution in [0.25, 0.3) is 0 Å². The molecule has 5 rings (SSSR count). The Balaban J connectivity index is 1.66. The minimum Gasteiger partial charge on any atom is -0.481 e. The van der Waals surface area contributed by atoms with E-state index < -0.39 is 63.7 Å². The molecule has 3 unspecified atom stereocenters. The molecule has 2 heterocycles. The number of hydrogen-bond acceptors (Lipinski definition) is 6. The maximum Gasteiger partial charge on any atom is 0.306 e. The zero-order valence-corrected chi connectivity index (χ0v) is 25.5. The van der Waals surface area contributed by atoms with Crippen LogP contribution in [0.4, 0.5) is 10.2 Å². The number of benzene rings is 2. The molecule has 1 aromatic heterocycles. The quantitative estimate of drug-likeness (QED) is 0.279. The Labute approximate surface area is 259 Å². The number of morpholine rings is 1. The van der Waals surface area contributed by atoms with E-state index in [1.54, 1.807) is 55.5 Å². The predicted molar refractivity (Wildman–Crippen MR) is 160 cm³/mol. The Morgan fingerprint density at radius 3 is 2.44 bits per heavy atom. The lowest BCUT2D eigenvalue weighted by Crippen LogP contribution is -2.58. The van der Waals surface area contributed by atoms with Gasteiger partial charge in [0.2, 0.25) is 10.0 Å². The lowest BCUT2D eigenvalue weighted by atomic mass is 9.89. The molecule has 0 radical (unpaired) electrons. The van der Waals surface area contributed by atoms with E-state index in [0.29, 0.717) is 34.0 Å². The second-order valence-corrected chi connectivity index (χ2v) is 13.6. The first kappa shape index (κ1) is 31.2. The molecule has 1 N–H and O–H groups in total. The van der Waals surface area contributed by atoms with Crippen molar-refractivity contribution >= 4 is 50.9 Å². The molecule has 43 heavy (non-hydrogen) atoms. The minimum absolute atomic E-state index is 0.253. The second kappa shape index (κ2) is 12.8. The Morgan fingerprint density at radius 2 is 1.84 bits per heavy atom. The fourth-order valence-corrected chi connectivity index (χ4v) is 7.59. The zero-order chi connectivity index (χ0) is 30.9. The summed E-state index contributed by atoms with van der Waals surface area (Å²) in [5.74, 6) is -3.04. The first-order valence-electron chi connectivity index (χ1n) is 13.8. The summed E-state index contributed by atoms with van der Waals surface area (Å²) in [6.07, 6.45) is -0.437. The summed E-state index contributed by atoms with van der Waals surface area (Å²) in [6, 6.07) is 14.5. The maximum absolute atomic E-state index is 15.1. The number of nitrogens with zero attached hydrogens (tertiary/aromatic N) is 3. The number of carboxylic acids is 1. The number of carboxylic acid groups (broad SMARTS) is 1. The molecule has 2 fully saturated rings. The summed E-state index contributed by atoms with van der Waals surface area (Å²) in [5.41, 5.74) is 1.21. The molecule has 4 atom stereocenters. The molecule has 1 amide bonds. The number of aliphatic carboxylic acids is 1. The van der Waals surface area contributed by atoms with Crippen molar-refractivity contribution in [2.45, 2.75) is 62.1 Å². The van der Waals surface area contributed by atoms with Gasteiger partial charge in [0.05, 0.1) is 30.3 Å². The summed E-state index contributed by atoms with van der Waals surface area (Å²) in [6.45, 7) is 1.48. The molecule has 1 aliphatic heterocycles. The van der Waals surface area contributed by atoms with Gasteiger partial charge in [-0.3, -0.25) is 9.59 Å². The van der Waals surface area contributed by atoms with Crippen LogP contribution in [-0.4, -0.2) is 59.2 Å². The molecule has 1 saturated carbocycles. The highest BCUT2D eigenvalue weighted by Crippen LogP contribution is 2.45. The number of halogens is 3. The topological polar surface area (TPSA) is 117 Å². The van der Waals surface area contributed by atoms with Gasteiger partial charge in [0.15, 0.2) is 11.6 Å². The minimum atomic E-state index is -4.02. The predicted octanol–water partition coefficient (Wildman–Crippen LogP) is 5.79. The fraction of sp³-hybridized carbons (Fsp3) is 0.367. The van der Waals surface area contributed by atoms with E-state index in [-0.39, 0.29) is 18.8 Å². The summed E-state index contributed by atoms with van der Waals surface area (Å²) >= 11 is 12.5. The molecule has 2 aromatic carbocycles. The SMILES string of the molecule is CCC(CN(c1ncccc1F)S(=O)(=O)C1CC1)N1C(=O)[C@H](CC(=O)O)OC(c2cccc(Cl)c2)C1c1ccc(Cl)cc1. The van der Waals surface area contributed by atoms with Gasteiger partial charge in [-0.1, -0.05) is 54.4 Å². The smallest absolute Gasteiger partial charge is 0.306 e. The fourth-order valence-electron chi connectivity index (χ4n) is 5.42. The van der Waals surface area contributed by atoms with E-state index >= 15 is 4.39 Å². The summed E-state index contributed by atoms with van der Waals surface area (Å²) < 4.78 is 49.6. The molecule has 228 valence electrons. The van der Waals surface area contributed by atoms with Gasteiger partial charge in [-0.25, -0.2) is 22.1 Å². The van der Waals surface area contributed by atoms with Crippen LogP contribution in [0, 0.1) is 5.82 Å². The van der Waals surface area contributed by atoms with Crippen LogP contribution in [0.1, 0.15) is 55.9 Å². The van der Waals surface area contributed by atoms with Crippen molar-refractivity contribution in [3.8, 4) is 0 Å². The van der Waals surface area contributed by atoms with E-state index in [9.17, 15) is 23.1 Å². The largest absolute Gasteiger partial charge is 0.481 e. The summed E-state index contributed by atoms with van der Waals surface area (Å²) in [4.78, 5) is 31.5. The van der Waals surface area contributed by atoms with Crippen LogP contribution in [0.15, 0.2) is 66.9 Å². The average molecular weight is 651 g/mol. The second-order valence-electron chi connectivity index (χ2n) is 10.6. The number of amides is 1. The van der Waals surface area contributed by atoms with Gasteiger partial charge in [0.1, 0.15) is 12.2 Å². The van der Waals surface area contributed by atoms with E-state index in [0.717, 1.165) is 10.4 Å². The molecule has 0 bridgehead atoms. The summed E-state index contributed by atoms with van der Waals surface area (Å²) in [7, 11) is -4.02. The van der Waals surface area contributed by atoms with Crippen molar-refractivity contribution < 1.29 is 32.2 Å². The number of pyridine rings is 1. The number of aromatic nitrogens is 1. The number of carbonyl (C=O) groups excluding carboxylic acids is 1. The normalized spacial score (nSPS) is 21.4. The lowest BCUT2D eigenvalue weighted by Gasteiger charge is -2.48. The molecular weight excluding hydrogens is 620 g/mol. The molecular formula is C30H30Cl2FN3O6S. The van der Waals surface area contributed by atoms with Crippen molar-refractivity contribution in [2.75, 3.05) is 10.8 Å². The first-order valence-corrected chi connectivity index (χ1v) is 16.1. The van der Waals surface area contributed by atoms with Crippen molar-refractivity contribution in [1.82, 2.24) is 9.88 Å². The molecule has 1 aliphatic carbocycles. The van der Waals surface area contributed by atoms with Crippen LogP contribution in [0.2, 0.25) is 10.0 Å². The van der Waals surface area contributed by atoms with Crippen molar-refractivity contribution in [1.29, 1.82) is 0 Å². The average Bonchev–Trinajstić information content (AvgIpc) is 3.82. The van der Waals surface area contributed by atoms with E-state index in [1.165, 1.54) is 17.2 Å². The zero-order valence-electron chi connectivity index (χ0n) is 23.1. The number of hydrogen-bond donors (Lipinski definition) is 1. The lowest BCUT2D eigenvalue weighted by molar-refractivity contribution is -0.183. The number of carbonyl (C=O) groups is 2. The van der Waals surface area contributed by atoms with Gasteiger partial charge in [-0.05, 0) is 66.8 Å². The molecule has 2 aliphatic rings. The highest BCUT2D eigenvalue weighted by molar-refractivity contribution is 7.93. The van der Waals surface area contributed by atoms with Crippen LogP contribution < -0.4 is 4.31 Å². The molecule has 1 saturated heterocycles. The Bertz CT molecular complexity index is 1610. The highest BCUT2D eigenvalue weighted by Gasteiger charge is 2.49. The van der Waals surface area contributed by atoms with Crippen LogP contribution >= 0.6 is 23.2 Å². The van der Waals surface area contributed by atoms with Crippen LogP contribution in [0.3, 0.4) is 0 Å². The van der Waals surface area contributed by atoms with Crippen molar-refractivity contribution in [2.24, 2.45) is 0 Å². The summed E-state index contributed by atoms with van der Waals surface area (Å²) in [5, 5.41) is 9.84. The van der Waals surface area contributed by atoms with E-state index in [4.69, 9.17) is 27.9 Å². The Morgan fingerprint density at radius 1 is 1.12 bits per heavy atom. The maximum atomic E-state index is 15.1. The Hall–Kier alpha value is -3.25. The van der Waals surface area contributed by atoms with Gasteiger partial charge in [-0.2, -0.15) is 0 Å². The molecule has 0 spiro atoms. The van der Waals surface area contributed by atoms with Crippen molar-refractivity contribution in [3.05, 3.63) is 93.8 Å². The van der Waals surface area contributed by atoms with E-state index in [2.05, 4.69) is 4.98 Å². The highest BCUT2D eigenvalue weighted by atomic mass is 35.5. The Kier molecular flexibility index (Phi) is 9.26. The molecule has 3 aromatic rings. The third kappa shape index (κ3) is 6.64. The third-order valence-corrected chi connectivity index (χ3v) is 10.4. The number of anilines is 1. The van der Waals surface area contributed by atoms with Crippen molar-refractivity contribution in [3.63, 3.8) is 0 Å². The van der Waals surface area contributed by atoms with Crippen LogP contribution in [0.5, 0.6) is 0 Å². The number of rotatable bonds is 11. The van der Waals surface area contributed by atoms with E-state index in [1.807, 2.05) is 0 Å². The monoisotopic (exact) mass is 649 g/mol.